The van der Waals surface area contributed by atoms with E-state index in [1.54, 1.807) is 18.2 Å². The van der Waals surface area contributed by atoms with E-state index in [0.29, 0.717) is 22.2 Å². The van der Waals surface area contributed by atoms with Crippen LogP contribution in [0.3, 0.4) is 0 Å². The van der Waals surface area contributed by atoms with Crippen molar-refractivity contribution in [3.63, 3.8) is 0 Å². The van der Waals surface area contributed by atoms with Gasteiger partial charge in [-0.25, -0.2) is 0 Å². The lowest BCUT2D eigenvalue weighted by molar-refractivity contribution is -0.119. The Balaban J connectivity index is 1.86. The van der Waals surface area contributed by atoms with Gasteiger partial charge in [0.2, 0.25) is 5.91 Å². The molecule has 0 bridgehead atoms. The number of benzene rings is 1. The second-order valence-electron chi connectivity index (χ2n) is 4.40. The predicted molar refractivity (Wildman–Crippen MR) is 70.4 cm³/mol. The van der Waals surface area contributed by atoms with E-state index in [4.69, 9.17) is 16.9 Å². The summed E-state index contributed by atoms with van der Waals surface area (Å²) >= 11 is 5.85. The molecule has 0 radical (unpaired) electrons. The minimum absolute atomic E-state index is 0.0641. The Kier molecular flexibility index (Phi) is 4.06. The number of rotatable bonds is 5. The van der Waals surface area contributed by atoms with E-state index in [9.17, 15) is 4.79 Å². The van der Waals surface area contributed by atoms with Crippen molar-refractivity contribution in [3.05, 3.63) is 28.8 Å². The Morgan fingerprint density at radius 1 is 1.50 bits per heavy atom. The van der Waals surface area contributed by atoms with Crippen molar-refractivity contribution in [2.45, 2.75) is 12.8 Å². The molecule has 2 N–H and O–H groups in total. The molecule has 0 heterocycles. The average molecular weight is 264 g/mol. The third-order valence-electron chi connectivity index (χ3n) is 2.83. The molecule has 1 aliphatic rings. The van der Waals surface area contributed by atoms with Gasteiger partial charge in [0.15, 0.2) is 0 Å². The first-order valence-electron chi connectivity index (χ1n) is 5.89. The van der Waals surface area contributed by atoms with Gasteiger partial charge in [0, 0.05) is 11.6 Å². The first-order valence-corrected chi connectivity index (χ1v) is 6.27. The zero-order chi connectivity index (χ0) is 13.0. The molecule has 0 aromatic heterocycles. The monoisotopic (exact) mass is 263 g/mol. The van der Waals surface area contributed by atoms with Crippen LogP contribution in [0.2, 0.25) is 5.02 Å². The number of carbonyl (C=O) groups is 1. The van der Waals surface area contributed by atoms with Crippen molar-refractivity contribution in [2.75, 3.05) is 18.4 Å². The molecule has 0 unspecified atom stereocenters. The maximum atomic E-state index is 11.5. The fourth-order valence-corrected chi connectivity index (χ4v) is 1.75. The Bertz CT molecular complexity index is 491. The number of hydrogen-bond acceptors (Lipinski definition) is 3. The second-order valence-corrected chi connectivity index (χ2v) is 4.84. The van der Waals surface area contributed by atoms with Gasteiger partial charge in [-0.15, -0.1) is 0 Å². The maximum Gasteiger partial charge on any atom is 0.239 e. The Hall–Kier alpha value is -1.73. The molecule has 1 aliphatic carbocycles. The van der Waals surface area contributed by atoms with Crippen LogP contribution in [-0.4, -0.2) is 19.0 Å². The fraction of sp³-hybridized carbons (Fsp3) is 0.385. The summed E-state index contributed by atoms with van der Waals surface area (Å²) < 4.78 is 0. The minimum Gasteiger partial charge on any atom is -0.375 e. The van der Waals surface area contributed by atoms with Crippen LogP contribution in [0.4, 0.5) is 5.69 Å². The third-order valence-corrected chi connectivity index (χ3v) is 3.06. The topological polar surface area (TPSA) is 64.9 Å². The summed E-state index contributed by atoms with van der Waals surface area (Å²) in [5.41, 5.74) is 1.07. The summed E-state index contributed by atoms with van der Waals surface area (Å²) in [5, 5.41) is 15.2. The first-order chi connectivity index (χ1) is 8.69. The highest BCUT2D eigenvalue weighted by atomic mass is 35.5. The van der Waals surface area contributed by atoms with Crippen LogP contribution in [-0.2, 0) is 4.79 Å². The maximum absolute atomic E-state index is 11.5. The minimum atomic E-state index is -0.0641. The number of carbonyl (C=O) groups excluding carboxylic acids is 1. The molecule has 2 rings (SSSR count). The standard InChI is InChI=1S/C13H14ClN3O/c14-11-4-3-10(6-15)12(5-11)16-8-13(18)17-7-9-1-2-9/h3-5,9,16H,1-2,7-8H2,(H,17,18). The van der Waals surface area contributed by atoms with Gasteiger partial charge < -0.3 is 10.6 Å². The van der Waals surface area contributed by atoms with Crippen LogP contribution in [0.25, 0.3) is 0 Å². The van der Waals surface area contributed by atoms with E-state index in [0.717, 1.165) is 6.54 Å². The van der Waals surface area contributed by atoms with Gasteiger partial charge in [0.1, 0.15) is 6.07 Å². The number of halogens is 1. The highest BCUT2D eigenvalue weighted by Gasteiger charge is 2.21. The number of anilines is 1. The largest absolute Gasteiger partial charge is 0.375 e. The molecule has 0 atom stereocenters. The van der Waals surface area contributed by atoms with Crippen molar-refractivity contribution in [1.82, 2.24) is 5.32 Å². The van der Waals surface area contributed by atoms with Gasteiger partial charge in [-0.05, 0) is 37.0 Å². The second kappa shape index (κ2) is 5.74. The summed E-state index contributed by atoms with van der Waals surface area (Å²) in [6.07, 6.45) is 2.42. The molecule has 0 aliphatic heterocycles. The Morgan fingerprint density at radius 2 is 2.28 bits per heavy atom. The molecular weight excluding hydrogens is 250 g/mol. The quantitative estimate of drug-likeness (QED) is 0.856. The van der Waals surface area contributed by atoms with E-state index in [2.05, 4.69) is 16.7 Å². The van der Waals surface area contributed by atoms with Gasteiger partial charge in [-0.2, -0.15) is 5.26 Å². The van der Waals surface area contributed by atoms with Crippen molar-refractivity contribution < 1.29 is 4.79 Å². The van der Waals surface area contributed by atoms with Crippen molar-refractivity contribution >= 4 is 23.2 Å². The van der Waals surface area contributed by atoms with Crippen molar-refractivity contribution in [1.29, 1.82) is 5.26 Å². The highest BCUT2D eigenvalue weighted by molar-refractivity contribution is 6.30. The summed E-state index contributed by atoms with van der Waals surface area (Å²) in [7, 11) is 0. The Labute approximate surface area is 111 Å². The predicted octanol–water partition coefficient (Wildman–Crippen LogP) is 2.15. The van der Waals surface area contributed by atoms with Crippen LogP contribution < -0.4 is 10.6 Å². The summed E-state index contributed by atoms with van der Waals surface area (Å²) in [4.78, 5) is 11.5. The summed E-state index contributed by atoms with van der Waals surface area (Å²) in [5.74, 6) is 0.598. The normalized spacial score (nSPS) is 13.8. The number of nitriles is 1. The number of nitrogens with one attached hydrogen (secondary N) is 2. The van der Waals surface area contributed by atoms with E-state index >= 15 is 0 Å². The molecule has 1 fully saturated rings. The molecule has 1 aromatic rings. The highest BCUT2D eigenvalue weighted by Crippen LogP contribution is 2.27. The zero-order valence-electron chi connectivity index (χ0n) is 9.87. The summed E-state index contributed by atoms with van der Waals surface area (Å²) in [6.45, 7) is 0.906. The number of nitrogens with zero attached hydrogens (tertiary/aromatic N) is 1. The molecule has 1 aromatic carbocycles. The average Bonchev–Trinajstić information content (AvgIpc) is 3.18. The van der Waals surface area contributed by atoms with Gasteiger partial charge >= 0.3 is 0 Å². The third kappa shape index (κ3) is 3.64. The molecule has 1 saturated carbocycles. The number of amides is 1. The molecule has 0 spiro atoms. The lowest BCUT2D eigenvalue weighted by Gasteiger charge is -2.09. The summed E-state index contributed by atoms with van der Waals surface area (Å²) in [6, 6.07) is 6.98. The fourth-order valence-electron chi connectivity index (χ4n) is 1.58. The number of hydrogen-bond donors (Lipinski definition) is 2. The molecular formula is C13H14ClN3O. The van der Waals surface area contributed by atoms with Gasteiger partial charge in [0.05, 0.1) is 17.8 Å². The lowest BCUT2D eigenvalue weighted by Crippen LogP contribution is -2.31. The van der Waals surface area contributed by atoms with E-state index < -0.39 is 0 Å². The van der Waals surface area contributed by atoms with E-state index in [1.165, 1.54) is 12.8 Å². The molecule has 1 amide bonds. The van der Waals surface area contributed by atoms with Crippen molar-refractivity contribution in [2.24, 2.45) is 5.92 Å². The van der Waals surface area contributed by atoms with Gasteiger partial charge in [-0.1, -0.05) is 11.6 Å². The first kappa shape index (κ1) is 12.7. The van der Waals surface area contributed by atoms with Crippen LogP contribution in [0, 0.1) is 17.2 Å². The zero-order valence-corrected chi connectivity index (χ0v) is 10.6. The van der Waals surface area contributed by atoms with Crippen LogP contribution in [0.15, 0.2) is 18.2 Å². The molecule has 5 heteroatoms. The van der Waals surface area contributed by atoms with Crippen LogP contribution in [0.5, 0.6) is 0 Å². The van der Waals surface area contributed by atoms with E-state index in [1.807, 2.05) is 0 Å². The van der Waals surface area contributed by atoms with Crippen LogP contribution >= 0.6 is 11.6 Å². The molecule has 0 saturated heterocycles. The van der Waals surface area contributed by atoms with Crippen LogP contribution in [0.1, 0.15) is 18.4 Å². The van der Waals surface area contributed by atoms with Gasteiger partial charge in [-0.3, -0.25) is 4.79 Å². The lowest BCUT2D eigenvalue weighted by atomic mass is 10.2. The van der Waals surface area contributed by atoms with Gasteiger partial charge in [0.25, 0.3) is 0 Å². The smallest absolute Gasteiger partial charge is 0.239 e. The molecule has 18 heavy (non-hydrogen) atoms. The molecule has 94 valence electrons. The Morgan fingerprint density at radius 3 is 2.94 bits per heavy atom. The molecule has 4 nitrogen and oxygen atoms in total. The van der Waals surface area contributed by atoms with Crippen molar-refractivity contribution in [3.8, 4) is 6.07 Å². The van der Waals surface area contributed by atoms with E-state index in [-0.39, 0.29) is 12.5 Å². The SMILES string of the molecule is N#Cc1ccc(Cl)cc1NCC(=O)NCC1CC1.